The van der Waals surface area contributed by atoms with Gasteiger partial charge in [-0.3, -0.25) is 0 Å². The summed E-state index contributed by atoms with van der Waals surface area (Å²) in [6.07, 6.45) is 2.81. The highest BCUT2D eigenvalue weighted by Crippen LogP contribution is 2.27. The molecule has 1 aromatic carbocycles. The molecule has 0 amide bonds. The monoisotopic (exact) mass is 325 g/mol. The number of nitrogens with zero attached hydrogens (tertiary/aromatic N) is 4. The van der Waals surface area contributed by atoms with E-state index in [2.05, 4.69) is 27.2 Å². The van der Waals surface area contributed by atoms with E-state index >= 15 is 0 Å². The van der Waals surface area contributed by atoms with Crippen molar-refractivity contribution < 1.29 is 4.39 Å². The van der Waals surface area contributed by atoms with Crippen molar-refractivity contribution in [1.29, 1.82) is 0 Å². The van der Waals surface area contributed by atoms with Gasteiger partial charge in [0.1, 0.15) is 11.6 Å². The van der Waals surface area contributed by atoms with E-state index in [4.69, 9.17) is 0 Å². The molecule has 6 heteroatoms. The Kier molecular flexibility index (Phi) is 3.90. The maximum atomic E-state index is 14.2. The third-order valence-electron chi connectivity index (χ3n) is 4.56. The molecule has 5 nitrogen and oxygen atoms in total. The number of nitrogens with one attached hydrogen (secondary N) is 1. The van der Waals surface area contributed by atoms with E-state index in [-0.39, 0.29) is 5.82 Å². The highest BCUT2D eigenvalue weighted by Gasteiger charge is 2.21. The number of halogens is 1. The predicted molar refractivity (Wildman–Crippen MR) is 92.7 cm³/mol. The standard InChI is InChI=1S/C18H20FN5/c1-2-13-12-23(10-9-20-13)18-11-16(14-5-3-4-6-15(14)19)22-17-7-8-21-24(17)18/h3-8,11,13,20H,2,9-10,12H2,1H3/t13-/m0/s1. The molecule has 1 fully saturated rings. The topological polar surface area (TPSA) is 45.5 Å². The zero-order chi connectivity index (χ0) is 16.5. The second kappa shape index (κ2) is 6.20. The van der Waals surface area contributed by atoms with Crippen molar-refractivity contribution in [1.82, 2.24) is 19.9 Å². The van der Waals surface area contributed by atoms with Crippen molar-refractivity contribution in [2.24, 2.45) is 0 Å². The van der Waals surface area contributed by atoms with Gasteiger partial charge >= 0.3 is 0 Å². The Morgan fingerprint density at radius 3 is 3.00 bits per heavy atom. The minimum Gasteiger partial charge on any atom is -0.354 e. The van der Waals surface area contributed by atoms with Crippen LogP contribution in [-0.2, 0) is 0 Å². The first-order chi connectivity index (χ1) is 11.8. The Labute approximate surface area is 140 Å². The molecule has 1 N–H and O–H groups in total. The van der Waals surface area contributed by atoms with E-state index < -0.39 is 0 Å². The molecule has 1 saturated heterocycles. The maximum absolute atomic E-state index is 14.2. The van der Waals surface area contributed by atoms with Crippen molar-refractivity contribution in [3.63, 3.8) is 0 Å². The molecule has 1 aliphatic heterocycles. The average molecular weight is 325 g/mol. The second-order valence-corrected chi connectivity index (χ2v) is 6.09. The van der Waals surface area contributed by atoms with E-state index in [9.17, 15) is 4.39 Å². The summed E-state index contributed by atoms with van der Waals surface area (Å²) >= 11 is 0. The fourth-order valence-electron chi connectivity index (χ4n) is 3.24. The SMILES string of the molecule is CC[C@H]1CN(c2cc(-c3ccccc3F)nc3ccnn23)CCN1. The molecule has 124 valence electrons. The van der Waals surface area contributed by atoms with Crippen molar-refractivity contribution >= 4 is 11.5 Å². The number of fused-ring (bicyclic) bond motifs is 1. The molecule has 0 aliphatic carbocycles. The minimum absolute atomic E-state index is 0.258. The van der Waals surface area contributed by atoms with Crippen molar-refractivity contribution in [2.75, 3.05) is 24.5 Å². The van der Waals surface area contributed by atoms with Crippen LogP contribution < -0.4 is 10.2 Å². The first-order valence-corrected chi connectivity index (χ1v) is 8.34. The molecule has 0 bridgehead atoms. The lowest BCUT2D eigenvalue weighted by atomic mass is 10.1. The molecule has 1 aliphatic rings. The van der Waals surface area contributed by atoms with Crippen LogP contribution in [0.25, 0.3) is 16.9 Å². The summed E-state index contributed by atoms with van der Waals surface area (Å²) in [5, 5.41) is 7.92. The molecule has 3 aromatic rings. The van der Waals surface area contributed by atoms with E-state index in [1.165, 1.54) is 6.07 Å². The smallest absolute Gasteiger partial charge is 0.157 e. The van der Waals surface area contributed by atoms with E-state index in [1.54, 1.807) is 18.3 Å². The minimum atomic E-state index is -0.258. The van der Waals surface area contributed by atoms with E-state index in [1.807, 2.05) is 22.7 Å². The predicted octanol–water partition coefficient (Wildman–Crippen LogP) is 2.72. The van der Waals surface area contributed by atoms with Crippen LogP contribution in [0.5, 0.6) is 0 Å². The van der Waals surface area contributed by atoms with Gasteiger partial charge in [0.15, 0.2) is 5.65 Å². The second-order valence-electron chi connectivity index (χ2n) is 6.09. The third-order valence-corrected chi connectivity index (χ3v) is 4.56. The number of aromatic nitrogens is 3. The van der Waals surface area contributed by atoms with Crippen molar-refractivity contribution in [3.8, 4) is 11.3 Å². The number of hydrogen-bond donors (Lipinski definition) is 1. The average Bonchev–Trinajstić information content (AvgIpc) is 3.10. The van der Waals surface area contributed by atoms with E-state index in [0.29, 0.717) is 17.3 Å². The quantitative estimate of drug-likeness (QED) is 0.804. The summed E-state index contributed by atoms with van der Waals surface area (Å²) in [4.78, 5) is 6.88. The molecule has 3 heterocycles. The molecular formula is C18H20FN5. The Morgan fingerprint density at radius 2 is 2.17 bits per heavy atom. The largest absolute Gasteiger partial charge is 0.354 e. The number of benzene rings is 1. The Hall–Kier alpha value is -2.47. The lowest BCUT2D eigenvalue weighted by molar-refractivity contribution is 0.443. The van der Waals surface area contributed by atoms with Crippen LogP contribution in [0.2, 0.25) is 0 Å². The molecule has 24 heavy (non-hydrogen) atoms. The van der Waals surface area contributed by atoms with Gasteiger partial charge in [0.25, 0.3) is 0 Å². The van der Waals surface area contributed by atoms with Crippen molar-refractivity contribution in [2.45, 2.75) is 19.4 Å². The number of piperazine rings is 1. The molecule has 1 atom stereocenters. The van der Waals surface area contributed by atoms with Gasteiger partial charge < -0.3 is 10.2 Å². The highest BCUT2D eigenvalue weighted by atomic mass is 19.1. The summed E-state index contributed by atoms with van der Waals surface area (Å²) in [6, 6.07) is 11.0. The van der Waals surface area contributed by atoms with Gasteiger partial charge in [-0.05, 0) is 18.6 Å². The summed E-state index contributed by atoms with van der Waals surface area (Å²) in [6.45, 7) is 4.92. The summed E-state index contributed by atoms with van der Waals surface area (Å²) in [7, 11) is 0. The van der Waals surface area contributed by atoms with Gasteiger partial charge in [-0.2, -0.15) is 9.61 Å². The summed E-state index contributed by atoms with van der Waals surface area (Å²) < 4.78 is 16.0. The maximum Gasteiger partial charge on any atom is 0.157 e. The Morgan fingerprint density at radius 1 is 1.29 bits per heavy atom. The van der Waals surface area contributed by atoms with Crippen LogP contribution >= 0.6 is 0 Å². The fourth-order valence-corrected chi connectivity index (χ4v) is 3.24. The van der Waals surface area contributed by atoms with Gasteiger partial charge in [-0.25, -0.2) is 9.37 Å². The van der Waals surface area contributed by atoms with Crippen LogP contribution in [0.4, 0.5) is 10.2 Å². The van der Waals surface area contributed by atoms with Gasteiger partial charge in [-0.1, -0.05) is 19.1 Å². The summed E-state index contributed by atoms with van der Waals surface area (Å²) in [5.74, 6) is 0.703. The van der Waals surface area contributed by atoms with Gasteiger partial charge in [0, 0.05) is 43.4 Å². The molecule has 2 aromatic heterocycles. The Bertz CT molecular complexity index is 859. The van der Waals surface area contributed by atoms with Crippen LogP contribution in [0.3, 0.4) is 0 Å². The van der Waals surface area contributed by atoms with Crippen LogP contribution in [0, 0.1) is 5.82 Å². The molecule has 0 saturated carbocycles. The lowest BCUT2D eigenvalue weighted by Crippen LogP contribution is -2.51. The van der Waals surface area contributed by atoms with Crippen LogP contribution in [0.15, 0.2) is 42.6 Å². The number of rotatable bonds is 3. The molecule has 0 unspecified atom stereocenters. The van der Waals surface area contributed by atoms with Crippen LogP contribution in [0.1, 0.15) is 13.3 Å². The van der Waals surface area contributed by atoms with Gasteiger partial charge in [0.2, 0.25) is 0 Å². The normalized spacial score (nSPS) is 18.2. The lowest BCUT2D eigenvalue weighted by Gasteiger charge is -2.34. The zero-order valence-corrected chi connectivity index (χ0v) is 13.6. The summed E-state index contributed by atoms with van der Waals surface area (Å²) in [5.41, 5.74) is 1.89. The molecule has 0 radical (unpaired) electrons. The zero-order valence-electron chi connectivity index (χ0n) is 13.6. The first kappa shape index (κ1) is 15.1. The van der Waals surface area contributed by atoms with Gasteiger partial charge in [-0.15, -0.1) is 0 Å². The number of hydrogen-bond acceptors (Lipinski definition) is 4. The van der Waals surface area contributed by atoms with Gasteiger partial charge in [0.05, 0.1) is 11.9 Å². The molecule has 4 rings (SSSR count). The molecular weight excluding hydrogens is 305 g/mol. The Balaban J connectivity index is 1.83. The third kappa shape index (κ3) is 2.63. The van der Waals surface area contributed by atoms with E-state index in [0.717, 1.165) is 37.5 Å². The molecule has 0 spiro atoms. The highest BCUT2D eigenvalue weighted by molar-refractivity contribution is 5.67. The van der Waals surface area contributed by atoms with Crippen LogP contribution in [-0.4, -0.2) is 40.3 Å². The number of anilines is 1. The van der Waals surface area contributed by atoms with Crippen molar-refractivity contribution in [3.05, 3.63) is 48.4 Å². The fraction of sp³-hybridized carbons (Fsp3) is 0.333. The first-order valence-electron chi connectivity index (χ1n) is 8.34.